The molecule has 2 aromatic carbocycles. The Morgan fingerprint density at radius 1 is 1.00 bits per heavy atom. The van der Waals surface area contributed by atoms with E-state index in [0.29, 0.717) is 11.3 Å². The van der Waals surface area contributed by atoms with Crippen LogP contribution in [0.3, 0.4) is 0 Å². The van der Waals surface area contributed by atoms with Gasteiger partial charge in [0.2, 0.25) is 5.95 Å². The maximum Gasteiger partial charge on any atom is 0.270 e. The topological polar surface area (TPSA) is 66.9 Å². The van der Waals surface area contributed by atoms with Crippen LogP contribution < -0.4 is 10.6 Å². The van der Waals surface area contributed by atoms with Gasteiger partial charge in [-0.3, -0.25) is 4.79 Å². The molecule has 0 fully saturated rings. The van der Waals surface area contributed by atoms with Gasteiger partial charge in [0.05, 0.1) is 0 Å². The van der Waals surface area contributed by atoms with Gasteiger partial charge in [-0.2, -0.15) is 0 Å². The number of aromatic nitrogens is 2. The molecule has 5 nitrogen and oxygen atoms in total. The Morgan fingerprint density at radius 2 is 1.74 bits per heavy atom. The van der Waals surface area contributed by atoms with Crippen LogP contribution in [0.5, 0.6) is 0 Å². The van der Waals surface area contributed by atoms with Crippen LogP contribution in [-0.2, 0) is 13.1 Å². The number of nitrogens with one attached hydrogen (secondary N) is 2. The molecular formula is C20H18F2N4O. The molecule has 3 aromatic rings. The lowest BCUT2D eigenvalue weighted by atomic mass is 10.2. The number of nitrogens with zero attached hydrogens (tertiary/aromatic N) is 2. The van der Waals surface area contributed by atoms with Gasteiger partial charge in [-0.15, -0.1) is 0 Å². The third kappa shape index (κ3) is 5.07. The quantitative estimate of drug-likeness (QED) is 0.698. The molecule has 0 atom stereocenters. The summed E-state index contributed by atoms with van der Waals surface area (Å²) >= 11 is 0. The van der Waals surface area contributed by atoms with E-state index < -0.39 is 0 Å². The lowest BCUT2D eigenvalue weighted by Crippen LogP contribution is -2.24. The van der Waals surface area contributed by atoms with E-state index in [1.807, 2.05) is 0 Å². The summed E-state index contributed by atoms with van der Waals surface area (Å²) in [6, 6.07) is 13.8. The molecular weight excluding hydrogens is 350 g/mol. The first-order valence-corrected chi connectivity index (χ1v) is 8.37. The van der Waals surface area contributed by atoms with Crippen LogP contribution in [0.1, 0.15) is 27.3 Å². The fourth-order valence-electron chi connectivity index (χ4n) is 2.46. The molecule has 0 saturated heterocycles. The number of rotatable bonds is 6. The van der Waals surface area contributed by atoms with Crippen molar-refractivity contribution in [3.05, 3.63) is 88.7 Å². The van der Waals surface area contributed by atoms with E-state index in [0.717, 1.165) is 5.56 Å². The second-order valence-corrected chi connectivity index (χ2v) is 5.97. The summed E-state index contributed by atoms with van der Waals surface area (Å²) < 4.78 is 26.6. The third-order valence-corrected chi connectivity index (χ3v) is 3.85. The predicted molar refractivity (Wildman–Crippen MR) is 98.1 cm³/mol. The van der Waals surface area contributed by atoms with Gasteiger partial charge >= 0.3 is 0 Å². The Labute approximate surface area is 155 Å². The van der Waals surface area contributed by atoms with Crippen molar-refractivity contribution < 1.29 is 13.6 Å². The number of carbonyl (C=O) groups excluding carboxylic acids is 1. The number of carbonyl (C=O) groups is 1. The summed E-state index contributed by atoms with van der Waals surface area (Å²) in [5, 5.41) is 5.67. The van der Waals surface area contributed by atoms with Gasteiger partial charge in [0.1, 0.15) is 17.3 Å². The highest BCUT2D eigenvalue weighted by molar-refractivity contribution is 5.92. The number of hydrogen-bond donors (Lipinski definition) is 2. The van der Waals surface area contributed by atoms with E-state index in [2.05, 4.69) is 20.6 Å². The minimum Gasteiger partial charge on any atom is -0.350 e. The van der Waals surface area contributed by atoms with Crippen molar-refractivity contribution in [2.45, 2.75) is 20.0 Å². The molecule has 3 rings (SSSR count). The van der Waals surface area contributed by atoms with Crippen LogP contribution in [0.2, 0.25) is 0 Å². The molecule has 0 spiro atoms. The number of amides is 1. The van der Waals surface area contributed by atoms with Gasteiger partial charge in [0.15, 0.2) is 0 Å². The zero-order valence-electron chi connectivity index (χ0n) is 14.7. The first-order valence-electron chi connectivity index (χ1n) is 8.37. The first kappa shape index (κ1) is 18.4. The second-order valence-electron chi connectivity index (χ2n) is 5.97. The van der Waals surface area contributed by atoms with E-state index in [-0.39, 0.29) is 42.3 Å². The highest BCUT2D eigenvalue weighted by atomic mass is 19.1. The maximum absolute atomic E-state index is 13.7. The molecule has 27 heavy (non-hydrogen) atoms. The second kappa shape index (κ2) is 8.35. The van der Waals surface area contributed by atoms with Crippen LogP contribution in [0.25, 0.3) is 0 Å². The smallest absolute Gasteiger partial charge is 0.270 e. The van der Waals surface area contributed by atoms with Crippen LogP contribution in [0, 0.1) is 18.6 Å². The van der Waals surface area contributed by atoms with Crippen LogP contribution >= 0.6 is 0 Å². The average Bonchev–Trinajstić information content (AvgIpc) is 2.66. The molecule has 0 bridgehead atoms. The Hall–Kier alpha value is -3.35. The largest absolute Gasteiger partial charge is 0.350 e. The lowest BCUT2D eigenvalue weighted by molar-refractivity contribution is 0.0945. The summed E-state index contributed by atoms with van der Waals surface area (Å²) in [5.41, 5.74) is 2.05. The molecule has 0 aliphatic heterocycles. The lowest BCUT2D eigenvalue weighted by Gasteiger charge is -2.09. The molecule has 7 heteroatoms. The zero-order valence-corrected chi connectivity index (χ0v) is 14.7. The number of aryl methyl sites for hydroxylation is 1. The van der Waals surface area contributed by atoms with E-state index in [4.69, 9.17) is 0 Å². The van der Waals surface area contributed by atoms with Crippen molar-refractivity contribution in [3.63, 3.8) is 0 Å². The van der Waals surface area contributed by atoms with Gasteiger partial charge < -0.3 is 10.6 Å². The van der Waals surface area contributed by atoms with E-state index in [9.17, 15) is 13.6 Å². The van der Waals surface area contributed by atoms with E-state index in [1.54, 1.807) is 43.3 Å². The zero-order chi connectivity index (χ0) is 19.2. The van der Waals surface area contributed by atoms with Gasteiger partial charge in [-0.25, -0.2) is 18.7 Å². The summed E-state index contributed by atoms with van der Waals surface area (Å²) in [6.45, 7) is 2.19. The van der Waals surface area contributed by atoms with E-state index in [1.165, 1.54) is 18.2 Å². The minimum absolute atomic E-state index is 0.195. The van der Waals surface area contributed by atoms with Gasteiger partial charge in [-0.1, -0.05) is 30.3 Å². The molecule has 0 radical (unpaired) electrons. The number of benzene rings is 2. The standard InChI is InChI=1S/C20H18F2N4O/c1-13-10-18(19(27)23-11-14-6-8-16(21)9-7-14)26-20(25-13)24-12-15-4-2-3-5-17(15)22/h2-10H,11-12H2,1H3,(H,23,27)(H,24,25,26). The summed E-state index contributed by atoms with van der Waals surface area (Å²) in [7, 11) is 0. The van der Waals surface area contributed by atoms with Gasteiger partial charge in [0, 0.05) is 24.3 Å². The molecule has 0 unspecified atom stereocenters. The molecule has 0 aliphatic rings. The molecule has 138 valence electrons. The van der Waals surface area contributed by atoms with Crippen molar-refractivity contribution in [1.82, 2.24) is 15.3 Å². The van der Waals surface area contributed by atoms with E-state index >= 15 is 0 Å². The average molecular weight is 368 g/mol. The van der Waals surface area contributed by atoms with Crippen LogP contribution in [0.15, 0.2) is 54.6 Å². The summed E-state index contributed by atoms with van der Waals surface area (Å²) in [5.74, 6) is -0.791. The Morgan fingerprint density at radius 3 is 2.48 bits per heavy atom. The van der Waals surface area contributed by atoms with Crippen molar-refractivity contribution in [2.24, 2.45) is 0 Å². The number of anilines is 1. The minimum atomic E-state index is -0.376. The van der Waals surface area contributed by atoms with Crippen molar-refractivity contribution >= 4 is 11.9 Å². The Balaban J connectivity index is 1.66. The Bertz CT molecular complexity index is 945. The highest BCUT2D eigenvalue weighted by Gasteiger charge is 2.11. The molecule has 1 amide bonds. The monoisotopic (exact) mass is 368 g/mol. The fraction of sp³-hybridized carbons (Fsp3) is 0.150. The van der Waals surface area contributed by atoms with Crippen molar-refractivity contribution in [2.75, 3.05) is 5.32 Å². The highest BCUT2D eigenvalue weighted by Crippen LogP contribution is 2.10. The molecule has 0 saturated carbocycles. The van der Waals surface area contributed by atoms with Gasteiger partial charge in [0.25, 0.3) is 5.91 Å². The SMILES string of the molecule is Cc1cc(C(=O)NCc2ccc(F)cc2)nc(NCc2ccccc2F)n1. The molecule has 0 aliphatic carbocycles. The Kier molecular flexibility index (Phi) is 5.71. The predicted octanol–water partition coefficient (Wildman–Crippen LogP) is 3.61. The first-order chi connectivity index (χ1) is 13.0. The number of halogens is 2. The van der Waals surface area contributed by atoms with Crippen molar-refractivity contribution in [1.29, 1.82) is 0 Å². The number of hydrogen-bond acceptors (Lipinski definition) is 4. The van der Waals surface area contributed by atoms with Crippen molar-refractivity contribution in [3.8, 4) is 0 Å². The fourth-order valence-corrected chi connectivity index (χ4v) is 2.46. The van der Waals surface area contributed by atoms with Gasteiger partial charge in [-0.05, 0) is 36.8 Å². The molecule has 1 heterocycles. The summed E-state index contributed by atoms with van der Waals surface area (Å²) in [6.07, 6.45) is 0. The van der Waals surface area contributed by atoms with Crippen LogP contribution in [-0.4, -0.2) is 15.9 Å². The normalized spacial score (nSPS) is 10.5. The maximum atomic E-state index is 13.7. The van der Waals surface area contributed by atoms with Crippen LogP contribution in [0.4, 0.5) is 14.7 Å². The third-order valence-electron chi connectivity index (χ3n) is 3.85. The molecule has 2 N–H and O–H groups in total. The molecule has 1 aromatic heterocycles. The summed E-state index contributed by atoms with van der Waals surface area (Å²) in [4.78, 5) is 20.8.